The third-order valence-corrected chi connectivity index (χ3v) is 8.36. The summed E-state index contributed by atoms with van der Waals surface area (Å²) in [5, 5.41) is 0.874. The van der Waals surface area contributed by atoms with Crippen molar-refractivity contribution in [3.8, 4) is 0 Å². The highest BCUT2D eigenvalue weighted by Crippen LogP contribution is 2.28. The molecule has 0 atom stereocenters. The third-order valence-electron chi connectivity index (χ3n) is 6.26. The predicted octanol–water partition coefficient (Wildman–Crippen LogP) is 4.86. The lowest BCUT2D eigenvalue weighted by Gasteiger charge is -2.24. The molecular weight excluding hydrogens is 446 g/mol. The topological polar surface area (TPSA) is 83.1 Å². The number of aromatic amines is 1. The number of nitrogens with zero attached hydrogens (tertiary/aromatic N) is 2. The van der Waals surface area contributed by atoms with Gasteiger partial charge < -0.3 is 4.98 Å². The molecule has 0 unspecified atom stereocenters. The van der Waals surface area contributed by atoms with Crippen molar-refractivity contribution in [2.75, 3.05) is 0 Å². The van der Waals surface area contributed by atoms with Crippen LogP contribution in [0, 0.1) is 34.6 Å². The lowest BCUT2D eigenvalue weighted by atomic mass is 10.0. The Bertz CT molecular complexity index is 1520. The molecule has 0 aliphatic carbocycles. The van der Waals surface area contributed by atoms with Gasteiger partial charge in [-0.05, 0) is 80.0 Å². The maximum absolute atomic E-state index is 14.0. The number of aromatic nitrogens is 2. The highest BCUT2D eigenvalue weighted by atomic mass is 32.2. The van der Waals surface area contributed by atoms with Crippen molar-refractivity contribution in [3.05, 3.63) is 104 Å². The molecule has 0 saturated heterocycles. The zero-order chi connectivity index (χ0) is 24.6. The first kappa shape index (κ1) is 23.9. The van der Waals surface area contributed by atoms with E-state index in [9.17, 15) is 13.2 Å². The summed E-state index contributed by atoms with van der Waals surface area (Å²) >= 11 is 0. The van der Waals surface area contributed by atoms with Gasteiger partial charge in [0.25, 0.3) is 5.56 Å². The Morgan fingerprint density at radius 1 is 0.912 bits per heavy atom. The van der Waals surface area contributed by atoms with E-state index in [1.807, 2.05) is 65.0 Å². The molecule has 1 N–H and O–H groups in total. The number of fused-ring (bicyclic) bond motifs is 1. The third kappa shape index (κ3) is 4.54. The van der Waals surface area contributed by atoms with Crippen molar-refractivity contribution in [2.45, 2.75) is 52.6 Å². The second-order valence-corrected chi connectivity index (χ2v) is 10.8. The van der Waals surface area contributed by atoms with Crippen molar-refractivity contribution >= 4 is 20.9 Å². The Kier molecular flexibility index (Phi) is 6.43. The minimum absolute atomic E-state index is 0.0534. The first-order valence-corrected chi connectivity index (χ1v) is 12.6. The Morgan fingerprint density at radius 2 is 1.62 bits per heavy atom. The molecule has 0 aliphatic rings. The number of H-pyrrole nitrogens is 1. The van der Waals surface area contributed by atoms with Crippen LogP contribution < -0.4 is 5.56 Å². The average molecular weight is 476 g/mol. The van der Waals surface area contributed by atoms with E-state index >= 15 is 0 Å². The molecule has 7 heteroatoms. The van der Waals surface area contributed by atoms with Gasteiger partial charge in [-0.15, -0.1) is 0 Å². The van der Waals surface area contributed by atoms with Crippen molar-refractivity contribution < 1.29 is 8.42 Å². The van der Waals surface area contributed by atoms with Gasteiger partial charge in [0.1, 0.15) is 0 Å². The van der Waals surface area contributed by atoms with Crippen molar-refractivity contribution in [1.29, 1.82) is 0 Å². The Labute approximate surface area is 200 Å². The number of sulfonamides is 1. The van der Waals surface area contributed by atoms with E-state index in [0.717, 1.165) is 33.2 Å². The van der Waals surface area contributed by atoms with E-state index in [2.05, 4.69) is 9.97 Å². The number of benzene rings is 2. The van der Waals surface area contributed by atoms with Crippen LogP contribution in [0.25, 0.3) is 10.9 Å². The second kappa shape index (κ2) is 9.16. The largest absolute Gasteiger partial charge is 0.321 e. The molecular formula is C27H29N3O3S. The number of hydrogen-bond donors (Lipinski definition) is 1. The van der Waals surface area contributed by atoms with Gasteiger partial charge >= 0.3 is 0 Å². The maximum Gasteiger partial charge on any atom is 0.252 e. The Hall–Kier alpha value is -3.29. The second-order valence-electron chi connectivity index (χ2n) is 8.96. The highest BCUT2D eigenvalue weighted by Gasteiger charge is 2.29. The molecule has 4 aromatic rings. The van der Waals surface area contributed by atoms with Crippen molar-refractivity contribution in [2.24, 2.45) is 0 Å². The van der Waals surface area contributed by atoms with E-state index in [0.29, 0.717) is 16.7 Å². The summed E-state index contributed by atoms with van der Waals surface area (Å²) in [4.78, 5) is 20.4. The zero-order valence-corrected chi connectivity index (χ0v) is 21.0. The van der Waals surface area contributed by atoms with E-state index in [4.69, 9.17) is 0 Å². The van der Waals surface area contributed by atoms with Crippen LogP contribution in [0.4, 0.5) is 0 Å². The highest BCUT2D eigenvalue weighted by molar-refractivity contribution is 7.89. The molecule has 6 nitrogen and oxygen atoms in total. The normalized spacial score (nSPS) is 11.9. The summed E-state index contributed by atoms with van der Waals surface area (Å²) < 4.78 is 29.3. The average Bonchev–Trinajstić information content (AvgIpc) is 2.77. The summed E-state index contributed by atoms with van der Waals surface area (Å²) in [6, 6.07) is 13.1. The number of hydrogen-bond acceptors (Lipinski definition) is 4. The zero-order valence-electron chi connectivity index (χ0n) is 20.1. The molecule has 0 fully saturated rings. The number of pyridine rings is 2. The van der Waals surface area contributed by atoms with Crippen LogP contribution in [0.2, 0.25) is 0 Å². The van der Waals surface area contributed by atoms with E-state index in [-0.39, 0.29) is 23.5 Å². The smallest absolute Gasteiger partial charge is 0.252 e. The van der Waals surface area contributed by atoms with Crippen LogP contribution in [0.3, 0.4) is 0 Å². The summed E-state index contributed by atoms with van der Waals surface area (Å²) in [5.41, 5.74) is 6.10. The van der Waals surface area contributed by atoms with Crippen LogP contribution in [-0.2, 0) is 23.1 Å². The maximum atomic E-state index is 14.0. The van der Waals surface area contributed by atoms with Crippen molar-refractivity contribution in [1.82, 2.24) is 14.3 Å². The molecule has 0 saturated carbocycles. The number of aryl methyl sites for hydroxylation is 5. The molecule has 0 amide bonds. The predicted molar refractivity (Wildman–Crippen MR) is 135 cm³/mol. The molecule has 34 heavy (non-hydrogen) atoms. The summed E-state index contributed by atoms with van der Waals surface area (Å²) in [6.07, 6.45) is 3.29. The van der Waals surface area contributed by atoms with Crippen LogP contribution >= 0.6 is 0 Å². The van der Waals surface area contributed by atoms with Crippen LogP contribution in [0.1, 0.15) is 38.9 Å². The summed E-state index contributed by atoms with van der Waals surface area (Å²) in [7, 11) is -3.91. The standard InChI is InChI=1S/C27H29N3O3S/c1-17-11-19(3)26(20(4)12-17)34(32,33)30(15-22-7-6-10-28-14-22)16-24-13-23-9-8-18(2)21(5)25(23)29-27(24)31/h6-14H,15-16H2,1-5H3,(H,29,31). The van der Waals surface area contributed by atoms with Gasteiger partial charge in [0, 0.05) is 31.0 Å². The molecule has 4 rings (SSSR count). The van der Waals surface area contributed by atoms with Crippen LogP contribution in [0.5, 0.6) is 0 Å². The first-order chi connectivity index (χ1) is 16.1. The fourth-order valence-electron chi connectivity index (χ4n) is 4.50. The molecule has 2 aromatic carbocycles. The Morgan fingerprint density at radius 3 is 2.26 bits per heavy atom. The lowest BCUT2D eigenvalue weighted by molar-refractivity contribution is 0.399. The monoisotopic (exact) mass is 475 g/mol. The van der Waals surface area contributed by atoms with Gasteiger partial charge in [-0.3, -0.25) is 9.78 Å². The number of nitrogens with one attached hydrogen (secondary N) is 1. The number of rotatable bonds is 6. The molecule has 176 valence electrons. The van der Waals surface area contributed by atoms with Gasteiger partial charge in [-0.25, -0.2) is 8.42 Å². The van der Waals surface area contributed by atoms with Crippen molar-refractivity contribution in [3.63, 3.8) is 0 Å². The summed E-state index contributed by atoms with van der Waals surface area (Å²) in [6.45, 7) is 9.58. The molecule has 2 aromatic heterocycles. The summed E-state index contributed by atoms with van der Waals surface area (Å²) in [5.74, 6) is 0. The molecule has 0 aliphatic heterocycles. The lowest BCUT2D eigenvalue weighted by Crippen LogP contribution is -2.33. The minimum Gasteiger partial charge on any atom is -0.321 e. The SMILES string of the molecule is Cc1cc(C)c(S(=O)(=O)N(Cc2cccnc2)Cc2cc3ccc(C)c(C)c3[nH]c2=O)c(C)c1. The van der Waals surface area contributed by atoms with E-state index < -0.39 is 10.0 Å². The molecule has 0 spiro atoms. The van der Waals surface area contributed by atoms with Gasteiger partial charge in [0.2, 0.25) is 10.0 Å². The molecule has 2 heterocycles. The minimum atomic E-state index is -3.91. The molecule has 0 bridgehead atoms. The van der Waals surface area contributed by atoms with Gasteiger partial charge in [-0.1, -0.05) is 35.9 Å². The van der Waals surface area contributed by atoms with Crippen LogP contribution in [-0.4, -0.2) is 22.7 Å². The first-order valence-electron chi connectivity index (χ1n) is 11.2. The Balaban J connectivity index is 1.84. The van der Waals surface area contributed by atoms with E-state index in [1.165, 1.54) is 4.31 Å². The fraction of sp³-hybridized carbons (Fsp3) is 0.259. The van der Waals surface area contributed by atoms with Gasteiger partial charge in [0.05, 0.1) is 10.4 Å². The van der Waals surface area contributed by atoms with E-state index in [1.54, 1.807) is 24.5 Å². The van der Waals surface area contributed by atoms with Gasteiger partial charge in [-0.2, -0.15) is 4.31 Å². The quantitative estimate of drug-likeness (QED) is 0.432. The van der Waals surface area contributed by atoms with Crippen LogP contribution in [0.15, 0.2) is 64.5 Å². The van der Waals surface area contributed by atoms with Gasteiger partial charge in [0.15, 0.2) is 0 Å². The fourth-order valence-corrected chi connectivity index (χ4v) is 6.32. The molecule has 0 radical (unpaired) electrons.